The van der Waals surface area contributed by atoms with Crippen LogP contribution in [0.4, 0.5) is 0 Å². The smallest absolute Gasteiger partial charge is 0.143 e. The van der Waals surface area contributed by atoms with Gasteiger partial charge in [0.1, 0.15) is 33.5 Å². The predicted octanol–water partition coefficient (Wildman–Crippen LogP) is 39.6. The zero-order chi connectivity index (χ0) is 92.7. The number of fused-ring (bicyclic) bond motifs is 21. The van der Waals surface area contributed by atoms with E-state index in [0.717, 1.165) is 82.5 Å². The van der Waals surface area contributed by atoms with Gasteiger partial charge in [0, 0.05) is 65.7 Å². The molecular formula is C138H84O3. The van der Waals surface area contributed by atoms with Gasteiger partial charge in [0.15, 0.2) is 0 Å². The number of furan rings is 3. The van der Waals surface area contributed by atoms with E-state index in [-0.39, 0.29) is 0 Å². The van der Waals surface area contributed by atoms with E-state index in [1.165, 1.54) is 213 Å². The molecule has 30 aromatic rings. The van der Waals surface area contributed by atoms with Crippen molar-refractivity contribution >= 4 is 195 Å². The molecular weight excluding hydrogens is 1710 g/mol. The average molecular weight is 1790 g/mol. The highest BCUT2D eigenvalue weighted by Gasteiger charge is 2.27. The van der Waals surface area contributed by atoms with Crippen molar-refractivity contribution in [1.29, 1.82) is 0 Å². The molecule has 0 N–H and O–H groups in total. The Balaban J connectivity index is 0.000000104. The third-order valence-corrected chi connectivity index (χ3v) is 29.5. The highest BCUT2D eigenvalue weighted by atomic mass is 16.3. The number of hydrogen-bond acceptors (Lipinski definition) is 3. The van der Waals surface area contributed by atoms with Crippen LogP contribution >= 0.6 is 0 Å². The Morgan fingerprint density at radius 1 is 0.0993 bits per heavy atom. The second-order valence-corrected chi connectivity index (χ2v) is 37.3. The SMILES string of the molecule is c1cc(-c2cccc3ccccc23)cc(-c2c3ccccc3c(-c3cccc4c3oc3cc5ccccc5cc34)c3ccccc23)c1.c1ccc(-c2c3ccccc3c(-c3cccc4c3oc3cc5ccccc5cc34)c3ccccc23)c(-c2ccc3ccccc3c2)c1.c1ccc2cc3c(cc2c1)oc1c(-c2c4ccccc4c(-c4ccc(-c5cccc6ccccc56)cc4)c4ccccc24)cccc13. The van der Waals surface area contributed by atoms with Crippen molar-refractivity contribution in [1.82, 2.24) is 0 Å². The largest absolute Gasteiger partial charge is 0.455 e. The lowest BCUT2D eigenvalue weighted by Gasteiger charge is -2.20. The van der Waals surface area contributed by atoms with E-state index in [2.05, 4.69) is 510 Å². The highest BCUT2D eigenvalue weighted by Crippen LogP contribution is 2.54. The minimum Gasteiger partial charge on any atom is -0.455 e. The van der Waals surface area contributed by atoms with Crippen LogP contribution < -0.4 is 0 Å². The van der Waals surface area contributed by atoms with E-state index in [0.29, 0.717) is 0 Å². The van der Waals surface area contributed by atoms with Gasteiger partial charge < -0.3 is 13.3 Å². The van der Waals surface area contributed by atoms with Gasteiger partial charge in [-0.3, -0.25) is 0 Å². The molecule has 0 spiro atoms. The van der Waals surface area contributed by atoms with Crippen LogP contribution in [0, 0.1) is 0 Å². The maximum Gasteiger partial charge on any atom is 0.143 e. The van der Waals surface area contributed by atoms with Crippen molar-refractivity contribution in [2.75, 3.05) is 0 Å². The van der Waals surface area contributed by atoms with Crippen molar-refractivity contribution < 1.29 is 13.3 Å². The van der Waals surface area contributed by atoms with Crippen LogP contribution in [0.3, 0.4) is 0 Å². The second-order valence-electron chi connectivity index (χ2n) is 37.3. The summed E-state index contributed by atoms with van der Waals surface area (Å²) in [6, 6.07) is 185. The predicted molar refractivity (Wildman–Crippen MR) is 600 cm³/mol. The van der Waals surface area contributed by atoms with Gasteiger partial charge in [-0.15, -0.1) is 0 Å². The summed E-state index contributed by atoms with van der Waals surface area (Å²) in [6.45, 7) is 0. The zero-order valence-corrected chi connectivity index (χ0v) is 76.7. The fourth-order valence-electron chi connectivity index (χ4n) is 23.1. The summed E-state index contributed by atoms with van der Waals surface area (Å²) in [5, 5.41) is 36.3. The van der Waals surface area contributed by atoms with Gasteiger partial charge in [-0.05, 0) is 245 Å². The summed E-state index contributed by atoms with van der Waals surface area (Å²) in [4.78, 5) is 0. The first-order chi connectivity index (χ1) is 69.9. The molecule has 3 heterocycles. The lowest BCUT2D eigenvalue weighted by Crippen LogP contribution is -1.93. The Kier molecular flexibility index (Phi) is 19.0. The number of benzene rings is 27. The molecule has 0 bridgehead atoms. The molecule has 0 aliphatic carbocycles. The molecule has 654 valence electrons. The van der Waals surface area contributed by atoms with Gasteiger partial charge in [0.25, 0.3) is 0 Å². The molecule has 0 aliphatic heterocycles. The summed E-state index contributed by atoms with van der Waals surface area (Å²) in [6.07, 6.45) is 0. The molecule has 0 atom stereocenters. The van der Waals surface area contributed by atoms with E-state index in [1.807, 2.05) is 0 Å². The molecule has 0 fully saturated rings. The molecule has 3 heteroatoms. The van der Waals surface area contributed by atoms with Gasteiger partial charge in [-0.25, -0.2) is 0 Å². The van der Waals surface area contributed by atoms with Gasteiger partial charge in [-0.2, -0.15) is 0 Å². The molecule has 0 radical (unpaired) electrons. The molecule has 0 saturated heterocycles. The second kappa shape index (κ2) is 33.2. The minimum atomic E-state index is 0.917. The zero-order valence-electron chi connectivity index (χ0n) is 76.7. The molecule has 0 unspecified atom stereocenters. The third kappa shape index (κ3) is 13.4. The Hall–Kier alpha value is -18.5. The first kappa shape index (κ1) is 80.9. The van der Waals surface area contributed by atoms with Crippen LogP contribution in [0.15, 0.2) is 523 Å². The summed E-state index contributed by atoms with van der Waals surface area (Å²) in [5.74, 6) is 0. The fourth-order valence-corrected chi connectivity index (χ4v) is 23.1. The fraction of sp³-hybridized carbons (Fsp3) is 0. The Morgan fingerprint density at radius 3 is 0.709 bits per heavy atom. The summed E-state index contributed by atoms with van der Waals surface area (Å²) < 4.78 is 20.3. The minimum absolute atomic E-state index is 0.917. The molecule has 30 rings (SSSR count). The Labute approximate surface area is 812 Å². The first-order valence-electron chi connectivity index (χ1n) is 48.5. The Bertz CT molecular complexity index is 10200. The standard InChI is InChI=1S/3C46H28O/c1-2-14-31-28-43-42(27-30(31)13-1)40-24-11-25-41(46(40)47-43)45-38-21-7-5-19-36(38)44(37-20-6-8-22-39(37)45)33-17-9-16-32(26-33)35-23-10-15-29-12-3-4-18-34(29)35;1-2-13-33-28-43-42(27-32(33)12-1)40-21-10-22-41(46(40)47-43)45-38-18-7-5-16-36(38)44(37-17-6-8-19-39(37)45)31-25-23-30(24-26-31)35-20-9-14-29-11-3-4-15-34(29)35;1-2-13-30-26-33(25-24-29(30)12-1)34-16-5-6-17-35(34)44-36-18-7-9-20-38(36)45(39-21-10-8-19-37(39)44)41-23-11-22-40-42-27-31-14-3-4-15-32(31)28-43(42)47-46(40)41/h3*1-28H. The van der Waals surface area contributed by atoms with E-state index in [4.69, 9.17) is 13.3 Å². The van der Waals surface area contributed by atoms with Crippen LogP contribution in [-0.2, 0) is 0 Å². The molecule has 27 aromatic carbocycles. The molecule has 0 saturated carbocycles. The lowest BCUT2D eigenvalue weighted by atomic mass is 9.83. The normalized spacial score (nSPS) is 11.8. The monoisotopic (exact) mass is 1790 g/mol. The molecule has 3 nitrogen and oxygen atoms in total. The van der Waals surface area contributed by atoms with Crippen LogP contribution in [0.5, 0.6) is 0 Å². The molecule has 0 aliphatic rings. The summed E-state index contributed by atoms with van der Waals surface area (Å²) in [7, 11) is 0. The third-order valence-electron chi connectivity index (χ3n) is 29.5. The van der Waals surface area contributed by atoms with Crippen LogP contribution in [0.2, 0.25) is 0 Å². The van der Waals surface area contributed by atoms with Crippen LogP contribution in [0.1, 0.15) is 0 Å². The topological polar surface area (TPSA) is 39.4 Å². The maximum absolute atomic E-state index is 6.77. The van der Waals surface area contributed by atoms with Crippen molar-refractivity contribution in [3.05, 3.63) is 510 Å². The van der Waals surface area contributed by atoms with Crippen molar-refractivity contribution in [2.45, 2.75) is 0 Å². The van der Waals surface area contributed by atoms with E-state index >= 15 is 0 Å². The van der Waals surface area contributed by atoms with Gasteiger partial charge in [0.2, 0.25) is 0 Å². The Morgan fingerprint density at radius 2 is 0.326 bits per heavy atom. The van der Waals surface area contributed by atoms with Crippen molar-refractivity contribution in [3.63, 3.8) is 0 Å². The van der Waals surface area contributed by atoms with Crippen LogP contribution in [-0.4, -0.2) is 0 Å². The summed E-state index contributed by atoms with van der Waals surface area (Å²) >= 11 is 0. The van der Waals surface area contributed by atoms with E-state index in [1.54, 1.807) is 0 Å². The van der Waals surface area contributed by atoms with Crippen molar-refractivity contribution in [2.24, 2.45) is 0 Å². The summed E-state index contributed by atoms with van der Waals surface area (Å²) in [5.41, 5.74) is 27.3. The van der Waals surface area contributed by atoms with Crippen LogP contribution in [0.25, 0.3) is 295 Å². The van der Waals surface area contributed by atoms with Gasteiger partial charge in [-0.1, -0.05) is 461 Å². The number of rotatable bonds is 9. The number of hydrogen-bond donors (Lipinski definition) is 0. The highest BCUT2D eigenvalue weighted by molar-refractivity contribution is 6.30. The molecule has 141 heavy (non-hydrogen) atoms. The van der Waals surface area contributed by atoms with E-state index in [9.17, 15) is 0 Å². The first-order valence-corrected chi connectivity index (χ1v) is 48.5. The maximum atomic E-state index is 6.77. The van der Waals surface area contributed by atoms with Crippen molar-refractivity contribution in [3.8, 4) is 100 Å². The lowest BCUT2D eigenvalue weighted by molar-refractivity contribution is 0.670. The number of para-hydroxylation sites is 3. The van der Waals surface area contributed by atoms with E-state index < -0.39 is 0 Å². The van der Waals surface area contributed by atoms with Gasteiger partial charge in [0.05, 0.1) is 0 Å². The van der Waals surface area contributed by atoms with Gasteiger partial charge >= 0.3 is 0 Å². The molecule has 3 aromatic heterocycles. The molecule has 0 amide bonds. The quantitative estimate of drug-likeness (QED) is 0.135. The average Bonchev–Trinajstić information content (AvgIpc) is 1.71.